The topological polar surface area (TPSA) is 337 Å². The fourth-order valence-corrected chi connectivity index (χ4v) is 7.31. The van der Waals surface area contributed by atoms with E-state index in [1.165, 1.54) is 50.7 Å². The highest BCUT2D eigenvalue weighted by atomic mass is 32.2. The van der Waals surface area contributed by atoms with Crippen LogP contribution >= 0.6 is 0 Å². The van der Waals surface area contributed by atoms with Crippen LogP contribution in [0.2, 0.25) is 0 Å². The Balaban J connectivity index is 1.77. The van der Waals surface area contributed by atoms with Gasteiger partial charge in [0.1, 0.15) is 25.9 Å². The molecule has 27 nitrogen and oxygen atoms in total. The summed E-state index contributed by atoms with van der Waals surface area (Å²) in [5.41, 5.74) is 0.442. The number of carbonyl (C=O) groups is 2. The van der Waals surface area contributed by atoms with Crippen LogP contribution in [-0.2, 0) is 49.0 Å². The third-order valence-electron chi connectivity index (χ3n) is 9.02. The summed E-state index contributed by atoms with van der Waals surface area (Å²) < 4.78 is 64.9. The molecule has 2 atom stereocenters. The third-order valence-corrected chi connectivity index (χ3v) is 10.9. The molecule has 0 saturated heterocycles. The van der Waals surface area contributed by atoms with Crippen molar-refractivity contribution in [2.45, 2.75) is 82.4 Å². The van der Waals surface area contributed by atoms with Gasteiger partial charge >= 0.3 is 12.1 Å². The maximum atomic E-state index is 15.1. The lowest BCUT2D eigenvalue weighted by Gasteiger charge is -2.30. The molecule has 28 heteroatoms. The molecule has 0 amide bonds. The first-order chi connectivity index (χ1) is 32.3. The van der Waals surface area contributed by atoms with Crippen molar-refractivity contribution in [3.63, 3.8) is 0 Å². The molecule has 0 aliphatic carbocycles. The number of sulfonamides is 1. The number of aromatic nitrogens is 4. The molecule has 0 radical (unpaired) electrons. The second-order valence-electron chi connectivity index (χ2n) is 15.0. The molecule has 0 fully saturated rings. The minimum Gasteiger partial charge on any atom is -0.493 e. The second kappa shape index (κ2) is 26.5. The fraction of sp³-hybridized carbons (Fsp3) is 0.450. The molecule has 4 aromatic rings. The normalized spacial score (nSPS) is 12.7. The number of hydrogen-bond acceptors (Lipinski definition) is 26. The van der Waals surface area contributed by atoms with E-state index in [-0.39, 0.29) is 78.8 Å². The number of ether oxygens (including phenoxy) is 6. The molecule has 0 aliphatic heterocycles. The Kier molecular flexibility index (Phi) is 21.3. The lowest BCUT2D eigenvalue weighted by molar-refractivity contribution is -0.527. The first-order valence-corrected chi connectivity index (χ1v) is 22.0. The molecule has 2 unspecified atom stereocenters. The van der Waals surface area contributed by atoms with Crippen LogP contribution in [-0.4, -0.2) is 140 Å². The first-order valence-electron chi connectivity index (χ1n) is 20.5. The van der Waals surface area contributed by atoms with Gasteiger partial charge in [-0.15, -0.1) is 0 Å². The van der Waals surface area contributed by atoms with Gasteiger partial charge in [-0.1, -0.05) is 45.0 Å². The number of esters is 1. The number of rotatable bonds is 28. The van der Waals surface area contributed by atoms with Crippen molar-refractivity contribution in [2.24, 2.45) is 0 Å². The van der Waals surface area contributed by atoms with Crippen molar-refractivity contribution in [1.29, 1.82) is 0 Å². The van der Waals surface area contributed by atoms with Crippen molar-refractivity contribution >= 4 is 28.0 Å². The van der Waals surface area contributed by atoms with Gasteiger partial charge in [0.2, 0.25) is 11.6 Å². The summed E-state index contributed by atoms with van der Waals surface area (Å²) in [4.78, 5) is 56.8. The summed E-state index contributed by atoms with van der Waals surface area (Å²) in [7, 11) is -3.45. The van der Waals surface area contributed by atoms with Gasteiger partial charge in [0.05, 0.1) is 41.4 Å². The highest BCUT2D eigenvalue weighted by Crippen LogP contribution is 2.44. The third kappa shape index (κ3) is 17.3. The van der Waals surface area contributed by atoms with Crippen molar-refractivity contribution < 1.29 is 92.2 Å². The Morgan fingerprint density at radius 3 is 2.04 bits per heavy atom. The van der Waals surface area contributed by atoms with E-state index in [0.29, 0.717) is 4.31 Å². The standard InChI is InChI=1S/C40H54N8O19S/c1-27(65-39(50)62-22-8-9-23-63-46(51)52)45(68(57,58)30-18-16-28(17-19-30)40(2,3)4)37-34(66-32-14-7-6-13-31(32)59-5)38(44-36(43-37)35-41-20-11-21-42-35)61-25-24-60-33(49)15-10-12-29(67-48(55)56)26-64-47(53)54/h6-7,11,13-14,16-21,27,29,51-56H,8-10,12,15,22-26H2,1-5H3. The van der Waals surface area contributed by atoms with E-state index >= 15 is 8.42 Å². The molecule has 2 heterocycles. The molecule has 374 valence electrons. The minimum absolute atomic E-state index is 0.0260. The Bertz CT molecular complexity index is 2290. The van der Waals surface area contributed by atoms with Crippen LogP contribution in [0.4, 0.5) is 10.6 Å². The quantitative estimate of drug-likeness (QED) is 0.0189. The van der Waals surface area contributed by atoms with Gasteiger partial charge in [0.25, 0.3) is 15.9 Å². The highest BCUT2D eigenvalue weighted by Gasteiger charge is 2.39. The fourth-order valence-electron chi connectivity index (χ4n) is 5.82. The number of anilines is 1. The summed E-state index contributed by atoms with van der Waals surface area (Å²) in [5, 5.41) is 51.4. The van der Waals surface area contributed by atoms with E-state index in [2.05, 4.69) is 34.4 Å². The predicted molar refractivity (Wildman–Crippen MR) is 225 cm³/mol. The number of benzene rings is 2. The molecule has 0 spiro atoms. The molecule has 4 rings (SSSR count). The van der Waals surface area contributed by atoms with Gasteiger partial charge in [-0.3, -0.25) is 40.9 Å². The van der Waals surface area contributed by atoms with E-state index in [4.69, 9.17) is 59.7 Å². The minimum atomic E-state index is -4.82. The van der Waals surface area contributed by atoms with Crippen molar-refractivity contribution in [1.82, 2.24) is 36.1 Å². The molecular formula is C40H54N8O19S. The Morgan fingerprint density at radius 1 is 0.750 bits per heavy atom. The molecular weight excluding hydrogens is 929 g/mol. The van der Waals surface area contributed by atoms with Crippen LogP contribution in [0, 0.1) is 0 Å². The highest BCUT2D eigenvalue weighted by molar-refractivity contribution is 7.92. The van der Waals surface area contributed by atoms with Crippen LogP contribution in [0.15, 0.2) is 71.9 Å². The Morgan fingerprint density at radius 2 is 1.41 bits per heavy atom. The zero-order valence-corrected chi connectivity index (χ0v) is 38.4. The lowest BCUT2D eigenvalue weighted by Crippen LogP contribution is -2.42. The maximum absolute atomic E-state index is 15.1. The Labute approximate surface area is 389 Å². The van der Waals surface area contributed by atoms with E-state index < -0.39 is 87.9 Å². The van der Waals surface area contributed by atoms with Crippen LogP contribution in [0.25, 0.3) is 11.6 Å². The average Bonchev–Trinajstić information content (AvgIpc) is 3.28. The predicted octanol–water partition coefficient (Wildman–Crippen LogP) is 5.00. The number of carbonyl (C=O) groups excluding carboxylic acids is 2. The average molecular weight is 983 g/mol. The van der Waals surface area contributed by atoms with E-state index in [1.807, 2.05) is 20.8 Å². The molecule has 6 N–H and O–H groups in total. The number of para-hydroxylation sites is 2. The van der Waals surface area contributed by atoms with Gasteiger partial charge in [0.15, 0.2) is 29.4 Å². The van der Waals surface area contributed by atoms with Crippen LogP contribution < -0.4 is 18.5 Å². The molecule has 2 aromatic heterocycles. The SMILES string of the molecule is COc1ccccc1Oc1c(OCCOC(=O)CCCC(CON(O)O)ON(O)O)nc(-c2ncccn2)nc1N(C(C)OC(=O)OCCCCON(O)O)S(=O)(=O)c1ccc(C(C)(C)C)cc1. The van der Waals surface area contributed by atoms with Gasteiger partial charge in [0, 0.05) is 18.8 Å². The number of methoxy groups -OCH3 is 1. The smallest absolute Gasteiger partial charge is 0.493 e. The van der Waals surface area contributed by atoms with Gasteiger partial charge in [-0.25, -0.2) is 42.1 Å². The zero-order chi connectivity index (χ0) is 49.9. The largest absolute Gasteiger partial charge is 0.510 e. The van der Waals surface area contributed by atoms with Gasteiger partial charge in [-0.05, 0) is 73.9 Å². The van der Waals surface area contributed by atoms with Gasteiger partial charge < -0.3 is 28.4 Å². The summed E-state index contributed by atoms with van der Waals surface area (Å²) in [5.74, 6) is -2.36. The molecule has 0 bridgehead atoms. The number of unbranched alkanes of at least 4 members (excludes halogenated alkanes) is 1. The molecule has 2 aromatic carbocycles. The molecule has 68 heavy (non-hydrogen) atoms. The van der Waals surface area contributed by atoms with Crippen molar-refractivity contribution in [2.75, 3.05) is 44.4 Å². The zero-order valence-electron chi connectivity index (χ0n) is 37.6. The number of nitrogens with zero attached hydrogens (tertiary/aromatic N) is 8. The van der Waals surface area contributed by atoms with Gasteiger partial charge in [-0.2, -0.15) is 4.98 Å². The van der Waals surface area contributed by atoms with E-state index in [1.54, 1.807) is 30.3 Å². The van der Waals surface area contributed by atoms with Crippen LogP contribution in [0.1, 0.15) is 65.4 Å². The second-order valence-corrected chi connectivity index (χ2v) is 16.8. The van der Waals surface area contributed by atoms with Crippen LogP contribution in [0.5, 0.6) is 23.1 Å². The summed E-state index contributed by atoms with van der Waals surface area (Å²) in [6.07, 6.45) is -1.23. The maximum Gasteiger partial charge on any atom is 0.510 e. The number of hydrogen-bond donors (Lipinski definition) is 6. The van der Waals surface area contributed by atoms with Crippen molar-refractivity contribution in [3.8, 4) is 34.8 Å². The summed E-state index contributed by atoms with van der Waals surface area (Å²) >= 11 is 0. The Hall–Kier alpha value is -5.99. The summed E-state index contributed by atoms with van der Waals surface area (Å²) in [6, 6.07) is 13.8. The first kappa shape index (κ1) is 54.6. The monoisotopic (exact) mass is 982 g/mol. The van der Waals surface area contributed by atoms with Crippen LogP contribution in [0.3, 0.4) is 0 Å². The molecule has 0 aliphatic rings. The van der Waals surface area contributed by atoms with E-state index in [9.17, 15) is 9.59 Å². The summed E-state index contributed by atoms with van der Waals surface area (Å²) in [6.45, 7) is 5.34. The van der Waals surface area contributed by atoms with E-state index in [0.717, 1.165) is 5.56 Å². The molecule has 0 saturated carbocycles. The van der Waals surface area contributed by atoms with Crippen molar-refractivity contribution in [3.05, 3.63) is 72.6 Å². The lowest BCUT2D eigenvalue weighted by atomic mass is 9.87.